The lowest BCUT2D eigenvalue weighted by Crippen LogP contribution is -2.47. The standard InChI is InChI=1S/C46H92N4/c1-3-5-7-9-11-13-15-17-19-21-23-25-27-29-31-33-37-47-39-35-41-49-43-45-50(46-44-49)42-36-40-48-38-34-32-30-28-26-24-22-20-18-16-14-12-10-8-6-4-2/h17-20,47-48H,3-16,21-46H2,1-2H3/b19-17-,20-18-. The summed E-state index contributed by atoms with van der Waals surface area (Å²) in [7, 11) is 0. The average Bonchev–Trinajstić information content (AvgIpc) is 3.13. The van der Waals surface area contributed by atoms with Crippen molar-refractivity contribution in [3.63, 3.8) is 0 Å². The van der Waals surface area contributed by atoms with E-state index in [-0.39, 0.29) is 0 Å². The first-order valence-corrected chi connectivity index (χ1v) is 23.0. The Labute approximate surface area is 315 Å². The lowest BCUT2D eigenvalue weighted by Gasteiger charge is -2.34. The molecule has 0 atom stereocenters. The molecule has 1 rings (SSSR count). The fourth-order valence-electron chi connectivity index (χ4n) is 7.34. The fraction of sp³-hybridized carbons (Fsp3) is 0.913. The first kappa shape index (κ1) is 47.3. The van der Waals surface area contributed by atoms with Crippen LogP contribution < -0.4 is 10.6 Å². The van der Waals surface area contributed by atoms with E-state index in [1.165, 1.54) is 258 Å². The Balaban J connectivity index is 1.73. The van der Waals surface area contributed by atoms with Crippen LogP contribution in [0.15, 0.2) is 24.3 Å². The summed E-state index contributed by atoms with van der Waals surface area (Å²) in [4.78, 5) is 5.38. The summed E-state index contributed by atoms with van der Waals surface area (Å²) in [5.74, 6) is 0. The molecule has 4 nitrogen and oxygen atoms in total. The molecule has 1 aliphatic heterocycles. The van der Waals surface area contributed by atoms with Crippen molar-refractivity contribution in [2.45, 2.75) is 206 Å². The second-order valence-corrected chi connectivity index (χ2v) is 15.8. The van der Waals surface area contributed by atoms with Crippen LogP contribution in [0.1, 0.15) is 206 Å². The van der Waals surface area contributed by atoms with E-state index in [0.29, 0.717) is 0 Å². The maximum atomic E-state index is 3.71. The van der Waals surface area contributed by atoms with E-state index in [1.54, 1.807) is 0 Å². The molecular formula is C46H92N4. The first-order chi connectivity index (χ1) is 24.9. The van der Waals surface area contributed by atoms with Crippen LogP contribution in [0.4, 0.5) is 0 Å². The van der Waals surface area contributed by atoms with E-state index in [2.05, 4.69) is 58.6 Å². The fourth-order valence-corrected chi connectivity index (χ4v) is 7.34. The molecule has 1 fully saturated rings. The molecule has 1 aliphatic rings. The number of hydrogen-bond acceptors (Lipinski definition) is 4. The smallest absolute Gasteiger partial charge is 0.0110 e. The van der Waals surface area contributed by atoms with Crippen molar-refractivity contribution in [1.29, 1.82) is 0 Å². The van der Waals surface area contributed by atoms with E-state index < -0.39 is 0 Å². The molecular weight excluding hydrogens is 609 g/mol. The number of rotatable bonds is 40. The quantitative estimate of drug-likeness (QED) is 0.0492. The van der Waals surface area contributed by atoms with Gasteiger partial charge in [-0.25, -0.2) is 0 Å². The highest BCUT2D eigenvalue weighted by Gasteiger charge is 2.15. The molecule has 0 bridgehead atoms. The molecule has 0 radical (unpaired) electrons. The summed E-state index contributed by atoms with van der Waals surface area (Å²) in [6, 6.07) is 0. The van der Waals surface area contributed by atoms with Gasteiger partial charge in [0.1, 0.15) is 0 Å². The van der Waals surface area contributed by atoms with E-state index in [0.717, 1.165) is 0 Å². The maximum Gasteiger partial charge on any atom is 0.0110 e. The van der Waals surface area contributed by atoms with Crippen molar-refractivity contribution in [1.82, 2.24) is 20.4 Å². The molecule has 0 aromatic heterocycles. The molecule has 0 saturated carbocycles. The Morgan fingerprint density at radius 2 is 0.580 bits per heavy atom. The monoisotopic (exact) mass is 701 g/mol. The first-order valence-electron chi connectivity index (χ1n) is 23.0. The van der Waals surface area contributed by atoms with Gasteiger partial charge in [0.2, 0.25) is 0 Å². The molecule has 1 saturated heterocycles. The van der Waals surface area contributed by atoms with Crippen molar-refractivity contribution in [2.24, 2.45) is 0 Å². The van der Waals surface area contributed by atoms with Crippen molar-refractivity contribution < 1.29 is 0 Å². The summed E-state index contributed by atoms with van der Waals surface area (Å²) in [6.07, 6.45) is 51.2. The molecule has 1 heterocycles. The van der Waals surface area contributed by atoms with Crippen molar-refractivity contribution in [3.05, 3.63) is 24.3 Å². The lowest BCUT2D eigenvalue weighted by atomic mass is 10.1. The van der Waals surface area contributed by atoms with Crippen molar-refractivity contribution >= 4 is 0 Å². The zero-order valence-corrected chi connectivity index (χ0v) is 34.5. The Morgan fingerprint density at radius 3 is 0.900 bits per heavy atom. The topological polar surface area (TPSA) is 30.5 Å². The second-order valence-electron chi connectivity index (χ2n) is 15.8. The average molecular weight is 701 g/mol. The molecule has 0 aromatic rings. The number of allylic oxidation sites excluding steroid dienone is 4. The van der Waals surface area contributed by atoms with Gasteiger partial charge in [-0.05, 0) is 116 Å². The lowest BCUT2D eigenvalue weighted by molar-refractivity contribution is 0.130. The van der Waals surface area contributed by atoms with Gasteiger partial charge >= 0.3 is 0 Å². The molecule has 0 spiro atoms. The second kappa shape index (κ2) is 41.1. The Kier molecular flexibility index (Phi) is 38.9. The van der Waals surface area contributed by atoms with Crippen LogP contribution in [0, 0.1) is 0 Å². The van der Waals surface area contributed by atoms with Gasteiger partial charge in [-0.1, -0.05) is 154 Å². The molecule has 0 aliphatic carbocycles. The van der Waals surface area contributed by atoms with E-state index in [1.807, 2.05) is 0 Å². The largest absolute Gasteiger partial charge is 0.317 e. The van der Waals surface area contributed by atoms with E-state index >= 15 is 0 Å². The molecule has 50 heavy (non-hydrogen) atoms. The Morgan fingerprint density at radius 1 is 0.320 bits per heavy atom. The van der Waals surface area contributed by atoms with Crippen LogP contribution in [0.25, 0.3) is 0 Å². The predicted molar refractivity (Wildman–Crippen MR) is 227 cm³/mol. The normalized spacial score (nSPS) is 14.6. The molecule has 296 valence electrons. The van der Waals surface area contributed by atoms with Crippen LogP contribution >= 0.6 is 0 Å². The highest BCUT2D eigenvalue weighted by Crippen LogP contribution is 2.12. The zero-order valence-electron chi connectivity index (χ0n) is 34.5. The minimum atomic E-state index is 1.19. The zero-order chi connectivity index (χ0) is 35.7. The van der Waals surface area contributed by atoms with Crippen LogP contribution in [0.5, 0.6) is 0 Å². The third-order valence-electron chi connectivity index (χ3n) is 10.9. The Bertz CT molecular complexity index is 626. The summed E-state index contributed by atoms with van der Waals surface area (Å²) in [6.45, 7) is 17.0. The highest BCUT2D eigenvalue weighted by atomic mass is 15.3. The number of unbranched alkanes of at least 4 members (excludes halogenated alkanes) is 24. The van der Waals surface area contributed by atoms with Gasteiger partial charge in [0, 0.05) is 26.2 Å². The third kappa shape index (κ3) is 35.7. The van der Waals surface area contributed by atoms with Crippen molar-refractivity contribution in [3.8, 4) is 0 Å². The van der Waals surface area contributed by atoms with Gasteiger partial charge in [0.15, 0.2) is 0 Å². The molecule has 0 unspecified atom stereocenters. The minimum absolute atomic E-state index is 1.19. The SMILES string of the molecule is CCCCCCCC/C=C\CCCCCCCCNCCCN1CCN(CCCNCCCCCCCC/C=C\CCCCCCCC)CC1. The number of nitrogens with zero attached hydrogens (tertiary/aromatic N) is 2. The van der Waals surface area contributed by atoms with Gasteiger partial charge in [0.05, 0.1) is 0 Å². The van der Waals surface area contributed by atoms with Gasteiger partial charge < -0.3 is 20.4 Å². The maximum absolute atomic E-state index is 3.71. The van der Waals surface area contributed by atoms with Crippen LogP contribution in [-0.4, -0.2) is 75.2 Å². The summed E-state index contributed by atoms with van der Waals surface area (Å²) in [5.41, 5.74) is 0. The minimum Gasteiger partial charge on any atom is -0.317 e. The summed E-state index contributed by atoms with van der Waals surface area (Å²) < 4.78 is 0. The number of nitrogens with one attached hydrogen (secondary N) is 2. The summed E-state index contributed by atoms with van der Waals surface area (Å²) >= 11 is 0. The van der Waals surface area contributed by atoms with Crippen molar-refractivity contribution in [2.75, 3.05) is 65.4 Å². The molecule has 2 N–H and O–H groups in total. The van der Waals surface area contributed by atoms with Gasteiger partial charge in [0.25, 0.3) is 0 Å². The molecule has 0 aromatic carbocycles. The van der Waals surface area contributed by atoms with Crippen LogP contribution in [0.3, 0.4) is 0 Å². The van der Waals surface area contributed by atoms with Gasteiger partial charge in [-0.15, -0.1) is 0 Å². The van der Waals surface area contributed by atoms with E-state index in [4.69, 9.17) is 0 Å². The molecule has 4 heteroatoms. The third-order valence-corrected chi connectivity index (χ3v) is 10.9. The molecule has 0 amide bonds. The van der Waals surface area contributed by atoms with Gasteiger partial charge in [-0.3, -0.25) is 0 Å². The number of hydrogen-bond donors (Lipinski definition) is 2. The predicted octanol–water partition coefficient (Wildman–Crippen LogP) is 12.6. The summed E-state index contributed by atoms with van der Waals surface area (Å²) in [5, 5.41) is 7.41. The van der Waals surface area contributed by atoms with Crippen LogP contribution in [-0.2, 0) is 0 Å². The highest BCUT2D eigenvalue weighted by molar-refractivity contribution is 4.82. The van der Waals surface area contributed by atoms with Gasteiger partial charge in [-0.2, -0.15) is 0 Å². The number of piperazine rings is 1. The Hall–Kier alpha value is -0.680. The van der Waals surface area contributed by atoms with E-state index in [9.17, 15) is 0 Å². The van der Waals surface area contributed by atoms with Crippen LogP contribution in [0.2, 0.25) is 0 Å².